The summed E-state index contributed by atoms with van der Waals surface area (Å²) in [5, 5.41) is 0. The predicted molar refractivity (Wildman–Crippen MR) is 81.0 cm³/mol. The second-order valence-corrected chi connectivity index (χ2v) is 5.83. The lowest BCUT2D eigenvalue weighted by atomic mass is 10.0. The minimum absolute atomic E-state index is 0.335. The topological polar surface area (TPSA) is 41.7 Å². The van der Waals surface area contributed by atoms with Crippen molar-refractivity contribution in [2.24, 2.45) is 5.73 Å². The molecule has 1 aromatic carbocycles. The molecule has 1 saturated carbocycles. The van der Waals surface area contributed by atoms with Crippen LogP contribution in [0, 0.1) is 0 Å². The van der Waals surface area contributed by atoms with Gasteiger partial charge in [-0.15, -0.1) is 0 Å². The van der Waals surface area contributed by atoms with Crippen LogP contribution >= 0.6 is 0 Å². The third-order valence-electron chi connectivity index (χ3n) is 4.58. The van der Waals surface area contributed by atoms with E-state index in [9.17, 15) is 0 Å². The second-order valence-electron chi connectivity index (χ2n) is 5.83. The third kappa shape index (κ3) is 2.97. The SMILES string of the molecule is COc1ccc(C(CN)N2CCN(C3CC3)CC2)cc1. The molecule has 2 N–H and O–H groups in total. The molecule has 0 bridgehead atoms. The van der Waals surface area contributed by atoms with Crippen LogP contribution in [0.5, 0.6) is 5.75 Å². The summed E-state index contributed by atoms with van der Waals surface area (Å²) >= 11 is 0. The van der Waals surface area contributed by atoms with Gasteiger partial charge in [0.25, 0.3) is 0 Å². The predicted octanol–water partition coefficient (Wildman–Crippen LogP) is 1.47. The summed E-state index contributed by atoms with van der Waals surface area (Å²) in [5.41, 5.74) is 7.33. The lowest BCUT2D eigenvalue weighted by Gasteiger charge is -2.39. The molecule has 3 rings (SSSR count). The highest BCUT2D eigenvalue weighted by Crippen LogP contribution is 2.29. The van der Waals surface area contributed by atoms with Gasteiger partial charge in [0.05, 0.1) is 7.11 Å². The van der Waals surface area contributed by atoms with Crippen LogP contribution in [0.1, 0.15) is 24.4 Å². The van der Waals surface area contributed by atoms with E-state index in [0.29, 0.717) is 12.6 Å². The summed E-state index contributed by atoms with van der Waals surface area (Å²) < 4.78 is 5.22. The molecule has 0 amide bonds. The largest absolute Gasteiger partial charge is 0.497 e. The van der Waals surface area contributed by atoms with E-state index in [4.69, 9.17) is 10.5 Å². The molecule has 1 heterocycles. The molecule has 4 heteroatoms. The number of piperazine rings is 1. The van der Waals surface area contributed by atoms with E-state index in [1.54, 1.807) is 7.11 Å². The lowest BCUT2D eigenvalue weighted by molar-refractivity contribution is 0.0938. The molecule has 4 nitrogen and oxygen atoms in total. The third-order valence-corrected chi connectivity index (χ3v) is 4.58. The molecule has 0 aromatic heterocycles. The Kier molecular flexibility index (Phi) is 4.24. The summed E-state index contributed by atoms with van der Waals surface area (Å²) in [5.74, 6) is 0.906. The van der Waals surface area contributed by atoms with Crippen molar-refractivity contribution in [3.05, 3.63) is 29.8 Å². The number of ether oxygens (including phenoxy) is 1. The zero-order valence-electron chi connectivity index (χ0n) is 12.3. The van der Waals surface area contributed by atoms with Gasteiger partial charge in [-0.25, -0.2) is 0 Å². The molecular formula is C16H25N3O. The van der Waals surface area contributed by atoms with Gasteiger partial charge in [-0.3, -0.25) is 9.80 Å². The van der Waals surface area contributed by atoms with Gasteiger partial charge in [-0.1, -0.05) is 12.1 Å². The Labute approximate surface area is 121 Å². The number of nitrogens with two attached hydrogens (primary N) is 1. The molecule has 1 unspecified atom stereocenters. The molecule has 1 saturated heterocycles. The first kappa shape index (κ1) is 13.9. The Balaban J connectivity index is 1.63. The molecule has 2 aliphatic rings. The number of methoxy groups -OCH3 is 1. The Morgan fingerprint density at radius 1 is 1.15 bits per heavy atom. The van der Waals surface area contributed by atoms with Gasteiger partial charge in [0, 0.05) is 44.8 Å². The summed E-state index contributed by atoms with van der Waals surface area (Å²) in [6.45, 7) is 5.32. The van der Waals surface area contributed by atoms with Crippen molar-refractivity contribution in [1.82, 2.24) is 9.80 Å². The molecule has 0 radical (unpaired) electrons. The number of hydrogen-bond acceptors (Lipinski definition) is 4. The highest BCUT2D eigenvalue weighted by molar-refractivity contribution is 5.29. The Morgan fingerprint density at radius 3 is 2.30 bits per heavy atom. The van der Waals surface area contributed by atoms with Crippen molar-refractivity contribution in [3.8, 4) is 5.75 Å². The Hall–Kier alpha value is -1.10. The fourth-order valence-corrected chi connectivity index (χ4v) is 3.18. The van der Waals surface area contributed by atoms with E-state index < -0.39 is 0 Å². The monoisotopic (exact) mass is 275 g/mol. The van der Waals surface area contributed by atoms with Crippen molar-refractivity contribution >= 4 is 0 Å². The van der Waals surface area contributed by atoms with Gasteiger partial charge in [0.15, 0.2) is 0 Å². The quantitative estimate of drug-likeness (QED) is 0.884. The van der Waals surface area contributed by atoms with Crippen LogP contribution in [-0.4, -0.2) is 55.7 Å². The van der Waals surface area contributed by atoms with Crippen LogP contribution in [0.2, 0.25) is 0 Å². The van der Waals surface area contributed by atoms with E-state index in [2.05, 4.69) is 21.9 Å². The van der Waals surface area contributed by atoms with Crippen molar-refractivity contribution in [2.45, 2.75) is 24.9 Å². The normalized spacial score (nSPS) is 22.7. The summed E-state index contributed by atoms with van der Waals surface area (Å²) in [6.07, 6.45) is 2.80. The maximum atomic E-state index is 6.03. The van der Waals surface area contributed by atoms with Gasteiger partial charge < -0.3 is 10.5 Å². The number of nitrogens with zero attached hydrogens (tertiary/aromatic N) is 2. The van der Waals surface area contributed by atoms with Gasteiger partial charge in [-0.05, 0) is 30.5 Å². The second kappa shape index (κ2) is 6.12. The molecule has 0 spiro atoms. The van der Waals surface area contributed by atoms with Gasteiger partial charge in [0.2, 0.25) is 0 Å². The first-order valence-corrected chi connectivity index (χ1v) is 7.64. The number of benzene rings is 1. The van der Waals surface area contributed by atoms with E-state index >= 15 is 0 Å². The fourth-order valence-electron chi connectivity index (χ4n) is 3.18. The summed E-state index contributed by atoms with van der Waals surface area (Å²) in [4.78, 5) is 5.17. The lowest BCUT2D eigenvalue weighted by Crippen LogP contribution is -2.49. The molecule has 1 aliphatic carbocycles. The maximum absolute atomic E-state index is 6.03. The fraction of sp³-hybridized carbons (Fsp3) is 0.625. The standard InChI is InChI=1S/C16H25N3O/c1-20-15-6-2-13(3-7-15)16(12-17)19-10-8-18(9-11-19)14-4-5-14/h2-3,6-7,14,16H,4-5,8-12,17H2,1H3. The molecule has 20 heavy (non-hydrogen) atoms. The van der Waals surface area contributed by atoms with E-state index in [-0.39, 0.29) is 0 Å². The average Bonchev–Trinajstić information content (AvgIpc) is 3.34. The molecule has 1 aliphatic heterocycles. The molecule has 110 valence electrons. The first-order valence-electron chi connectivity index (χ1n) is 7.64. The molecule has 2 fully saturated rings. The van der Waals surface area contributed by atoms with Crippen LogP contribution < -0.4 is 10.5 Å². The minimum Gasteiger partial charge on any atom is -0.497 e. The molecular weight excluding hydrogens is 250 g/mol. The first-order chi connectivity index (χ1) is 9.81. The van der Waals surface area contributed by atoms with Crippen LogP contribution in [0.4, 0.5) is 0 Å². The highest BCUT2D eigenvalue weighted by Gasteiger charge is 2.32. The Morgan fingerprint density at radius 2 is 1.80 bits per heavy atom. The van der Waals surface area contributed by atoms with Crippen LogP contribution in [0.3, 0.4) is 0 Å². The van der Waals surface area contributed by atoms with Crippen molar-refractivity contribution in [3.63, 3.8) is 0 Å². The molecule has 1 aromatic rings. The van der Waals surface area contributed by atoms with E-state index in [0.717, 1.165) is 24.9 Å². The van der Waals surface area contributed by atoms with E-state index in [1.165, 1.54) is 31.5 Å². The highest BCUT2D eigenvalue weighted by atomic mass is 16.5. The van der Waals surface area contributed by atoms with Crippen molar-refractivity contribution in [1.29, 1.82) is 0 Å². The van der Waals surface area contributed by atoms with Crippen LogP contribution in [0.25, 0.3) is 0 Å². The summed E-state index contributed by atoms with van der Waals surface area (Å²) in [6, 6.07) is 9.56. The Bertz CT molecular complexity index is 422. The van der Waals surface area contributed by atoms with Gasteiger partial charge in [-0.2, -0.15) is 0 Å². The van der Waals surface area contributed by atoms with Crippen LogP contribution in [-0.2, 0) is 0 Å². The summed E-state index contributed by atoms with van der Waals surface area (Å²) in [7, 11) is 1.70. The van der Waals surface area contributed by atoms with Crippen LogP contribution in [0.15, 0.2) is 24.3 Å². The van der Waals surface area contributed by atoms with Gasteiger partial charge in [0.1, 0.15) is 5.75 Å². The molecule has 1 atom stereocenters. The minimum atomic E-state index is 0.335. The number of rotatable bonds is 5. The van der Waals surface area contributed by atoms with Crippen molar-refractivity contribution < 1.29 is 4.74 Å². The maximum Gasteiger partial charge on any atom is 0.118 e. The average molecular weight is 275 g/mol. The zero-order valence-corrected chi connectivity index (χ0v) is 12.3. The zero-order chi connectivity index (χ0) is 13.9. The van der Waals surface area contributed by atoms with Gasteiger partial charge >= 0.3 is 0 Å². The van der Waals surface area contributed by atoms with E-state index in [1.807, 2.05) is 12.1 Å². The smallest absolute Gasteiger partial charge is 0.118 e. The number of hydrogen-bond donors (Lipinski definition) is 1. The van der Waals surface area contributed by atoms with Crippen molar-refractivity contribution in [2.75, 3.05) is 39.8 Å².